The lowest BCUT2D eigenvalue weighted by Gasteiger charge is -2.12. The quantitative estimate of drug-likeness (QED) is 0.695. The van der Waals surface area contributed by atoms with Gasteiger partial charge < -0.3 is 19.4 Å². The summed E-state index contributed by atoms with van der Waals surface area (Å²) in [5, 5.41) is 5.29. The number of rotatable bonds is 7. The zero-order chi connectivity index (χ0) is 20.7. The molecule has 3 amide bonds. The molecule has 2 aromatic rings. The van der Waals surface area contributed by atoms with Crippen LogP contribution in [0.5, 0.6) is 0 Å². The van der Waals surface area contributed by atoms with Gasteiger partial charge in [0.25, 0.3) is 5.91 Å². The molecule has 1 aromatic heterocycles. The van der Waals surface area contributed by atoms with Crippen LogP contribution in [0.2, 0.25) is 0 Å². The van der Waals surface area contributed by atoms with Gasteiger partial charge in [-0.15, -0.1) is 0 Å². The third-order valence-electron chi connectivity index (χ3n) is 4.10. The molecule has 2 rings (SSSR count). The van der Waals surface area contributed by atoms with Gasteiger partial charge in [-0.3, -0.25) is 14.9 Å². The Labute approximate surface area is 162 Å². The topological polar surface area (TPSA) is 116 Å². The lowest BCUT2D eigenvalue weighted by molar-refractivity contribution is -0.148. The predicted molar refractivity (Wildman–Crippen MR) is 101 cm³/mol. The highest BCUT2D eigenvalue weighted by molar-refractivity contribution is 6.04. The molecule has 0 aliphatic rings. The van der Waals surface area contributed by atoms with E-state index in [9.17, 15) is 19.2 Å². The normalized spacial score (nSPS) is 11.5. The number of methoxy groups -OCH3 is 1. The third-order valence-corrected chi connectivity index (χ3v) is 4.10. The van der Waals surface area contributed by atoms with Gasteiger partial charge in [-0.25, -0.2) is 9.59 Å². The van der Waals surface area contributed by atoms with E-state index < -0.39 is 30.5 Å². The summed E-state index contributed by atoms with van der Waals surface area (Å²) in [7, 11) is 1.28. The first-order chi connectivity index (χ1) is 13.3. The largest absolute Gasteiger partial charge is 0.465 e. The van der Waals surface area contributed by atoms with Crippen LogP contribution in [-0.2, 0) is 25.6 Å². The molecular weight excluding hydrogens is 366 g/mol. The summed E-state index contributed by atoms with van der Waals surface area (Å²) in [5.41, 5.74) is 0.975. The molecule has 0 bridgehead atoms. The highest BCUT2D eigenvalue weighted by atomic mass is 16.5. The second-order valence-corrected chi connectivity index (χ2v) is 6.17. The summed E-state index contributed by atoms with van der Waals surface area (Å²) in [6.07, 6.45) is 2.21. The number of fused-ring (bicyclic) bond motifs is 1. The Hall–Kier alpha value is -3.36. The van der Waals surface area contributed by atoms with Crippen LogP contribution in [0.3, 0.4) is 0 Å². The van der Waals surface area contributed by atoms with E-state index in [0.717, 1.165) is 6.42 Å². The summed E-state index contributed by atoms with van der Waals surface area (Å²) in [6.45, 7) is 2.90. The van der Waals surface area contributed by atoms with Crippen molar-refractivity contribution in [1.82, 2.24) is 15.2 Å². The molecule has 0 saturated carbocycles. The molecule has 0 spiro atoms. The van der Waals surface area contributed by atoms with E-state index in [1.54, 1.807) is 31.2 Å². The van der Waals surface area contributed by atoms with Gasteiger partial charge in [0, 0.05) is 23.1 Å². The number of imide groups is 1. The van der Waals surface area contributed by atoms with Crippen molar-refractivity contribution in [2.75, 3.05) is 13.7 Å². The number of carbonyl (C=O) groups is 4. The van der Waals surface area contributed by atoms with Gasteiger partial charge in [0.2, 0.25) is 0 Å². The second kappa shape index (κ2) is 9.54. The Kier molecular flexibility index (Phi) is 7.14. The number of nitrogens with zero attached hydrogens (tertiary/aromatic N) is 1. The fourth-order valence-electron chi connectivity index (χ4n) is 2.51. The summed E-state index contributed by atoms with van der Waals surface area (Å²) in [4.78, 5) is 47.3. The predicted octanol–water partition coefficient (Wildman–Crippen LogP) is 1.60. The minimum atomic E-state index is -0.734. The van der Waals surface area contributed by atoms with E-state index in [0.29, 0.717) is 16.5 Å². The summed E-state index contributed by atoms with van der Waals surface area (Å²) < 4.78 is 11.2. The molecule has 1 heterocycles. The van der Waals surface area contributed by atoms with Crippen LogP contribution in [0.1, 0.15) is 30.6 Å². The fourth-order valence-corrected chi connectivity index (χ4v) is 2.51. The van der Waals surface area contributed by atoms with Crippen LogP contribution in [0.25, 0.3) is 10.9 Å². The molecule has 28 heavy (non-hydrogen) atoms. The zero-order valence-corrected chi connectivity index (χ0v) is 16.0. The first-order valence-corrected chi connectivity index (χ1v) is 8.77. The average Bonchev–Trinajstić information content (AvgIpc) is 3.04. The van der Waals surface area contributed by atoms with Crippen LogP contribution in [0.4, 0.5) is 4.79 Å². The minimum Gasteiger partial charge on any atom is -0.465 e. The number of aromatic nitrogens is 1. The minimum absolute atomic E-state index is 0.0821. The van der Waals surface area contributed by atoms with Crippen LogP contribution in [0.15, 0.2) is 30.5 Å². The molecule has 9 heteroatoms. The van der Waals surface area contributed by atoms with Gasteiger partial charge in [0.15, 0.2) is 6.61 Å². The van der Waals surface area contributed by atoms with Crippen molar-refractivity contribution >= 4 is 34.8 Å². The fraction of sp³-hybridized carbons (Fsp3) is 0.368. The average molecular weight is 389 g/mol. The first-order valence-electron chi connectivity index (χ1n) is 8.77. The Morgan fingerprint density at radius 1 is 1.18 bits per heavy atom. The monoisotopic (exact) mass is 389 g/mol. The van der Waals surface area contributed by atoms with Crippen molar-refractivity contribution in [2.45, 2.75) is 32.9 Å². The molecule has 0 aliphatic heterocycles. The first kappa shape index (κ1) is 20.9. The number of esters is 2. The van der Waals surface area contributed by atoms with Gasteiger partial charge >= 0.3 is 18.0 Å². The standard InChI is InChI=1S/C19H23N3O6/c1-4-12(2)20-19(26)21-16(23)11-28-17(24)10-22-9-14(18(25)27-3)13-7-5-6-8-15(13)22/h5-9,12H,4,10-11H2,1-3H3,(H2,20,21,23,26)/t12-/m1/s1. The SMILES string of the molecule is CC[C@@H](C)NC(=O)NC(=O)COC(=O)Cn1cc(C(=O)OC)c2ccccc21. The highest BCUT2D eigenvalue weighted by Crippen LogP contribution is 2.22. The molecule has 0 saturated heterocycles. The molecule has 150 valence electrons. The number of benzene rings is 1. The van der Waals surface area contributed by atoms with Gasteiger partial charge in [-0.05, 0) is 19.4 Å². The van der Waals surface area contributed by atoms with Gasteiger partial charge in [0.1, 0.15) is 6.54 Å². The third kappa shape index (κ3) is 5.32. The molecule has 0 radical (unpaired) electrons. The van der Waals surface area contributed by atoms with Crippen LogP contribution in [0, 0.1) is 0 Å². The van der Waals surface area contributed by atoms with Crippen molar-refractivity contribution in [3.8, 4) is 0 Å². The van der Waals surface area contributed by atoms with Gasteiger partial charge in [-0.2, -0.15) is 0 Å². The number of amides is 3. The summed E-state index contributed by atoms with van der Waals surface area (Å²) >= 11 is 0. The molecule has 1 atom stereocenters. The van der Waals surface area contributed by atoms with E-state index in [4.69, 9.17) is 9.47 Å². The van der Waals surface area contributed by atoms with E-state index in [1.807, 2.05) is 6.92 Å². The van der Waals surface area contributed by atoms with Gasteiger partial charge in [-0.1, -0.05) is 25.1 Å². The van der Waals surface area contributed by atoms with Crippen molar-refractivity contribution < 1.29 is 28.7 Å². The molecule has 9 nitrogen and oxygen atoms in total. The summed E-state index contributed by atoms with van der Waals surface area (Å²) in [6, 6.07) is 6.31. The molecule has 0 aliphatic carbocycles. The smallest absolute Gasteiger partial charge is 0.340 e. The maximum atomic E-state index is 12.1. The van der Waals surface area contributed by atoms with E-state index in [1.165, 1.54) is 17.9 Å². The van der Waals surface area contributed by atoms with Crippen molar-refractivity contribution in [3.05, 3.63) is 36.0 Å². The highest BCUT2D eigenvalue weighted by Gasteiger charge is 2.18. The zero-order valence-electron chi connectivity index (χ0n) is 16.0. The van der Waals surface area contributed by atoms with E-state index in [-0.39, 0.29) is 12.6 Å². The Morgan fingerprint density at radius 2 is 1.89 bits per heavy atom. The maximum Gasteiger partial charge on any atom is 0.340 e. The summed E-state index contributed by atoms with van der Waals surface area (Å²) in [5.74, 6) is -1.94. The lowest BCUT2D eigenvalue weighted by Crippen LogP contribution is -2.44. The number of carbonyl (C=O) groups excluding carboxylic acids is 4. The Morgan fingerprint density at radius 3 is 2.57 bits per heavy atom. The van der Waals surface area contributed by atoms with Crippen LogP contribution >= 0.6 is 0 Å². The Bertz CT molecular complexity index is 889. The van der Waals surface area contributed by atoms with E-state index in [2.05, 4.69) is 10.6 Å². The number of hydrogen-bond acceptors (Lipinski definition) is 6. The lowest BCUT2D eigenvalue weighted by atomic mass is 10.2. The number of ether oxygens (including phenoxy) is 2. The number of hydrogen-bond donors (Lipinski definition) is 2. The maximum absolute atomic E-state index is 12.1. The molecular formula is C19H23N3O6. The molecule has 0 unspecified atom stereocenters. The van der Waals surface area contributed by atoms with E-state index >= 15 is 0 Å². The van der Waals surface area contributed by atoms with Crippen LogP contribution < -0.4 is 10.6 Å². The van der Waals surface area contributed by atoms with Crippen molar-refractivity contribution in [2.24, 2.45) is 0 Å². The molecule has 0 fully saturated rings. The molecule has 2 N–H and O–H groups in total. The van der Waals surface area contributed by atoms with Crippen LogP contribution in [-0.4, -0.2) is 48.2 Å². The van der Waals surface area contributed by atoms with Crippen molar-refractivity contribution in [3.63, 3.8) is 0 Å². The van der Waals surface area contributed by atoms with Crippen molar-refractivity contribution in [1.29, 1.82) is 0 Å². The Balaban J connectivity index is 1.96. The number of urea groups is 1. The molecule has 1 aromatic carbocycles. The number of para-hydroxylation sites is 1. The second-order valence-electron chi connectivity index (χ2n) is 6.17. The number of nitrogens with one attached hydrogen (secondary N) is 2. The van der Waals surface area contributed by atoms with Gasteiger partial charge in [0.05, 0.1) is 12.7 Å².